The zero-order chi connectivity index (χ0) is 24.5. The highest BCUT2D eigenvalue weighted by molar-refractivity contribution is 6.18. The monoisotopic (exact) mass is 498 g/mol. The van der Waals surface area contributed by atoms with Crippen molar-refractivity contribution in [2.75, 3.05) is 25.0 Å². The Morgan fingerprint density at radius 3 is 1.94 bits per heavy atom. The van der Waals surface area contributed by atoms with Crippen LogP contribution in [0.2, 0.25) is 0 Å². The van der Waals surface area contributed by atoms with Gasteiger partial charge in [-0.1, -0.05) is 25.2 Å². The van der Waals surface area contributed by atoms with Crippen molar-refractivity contribution in [3.63, 3.8) is 0 Å². The molecule has 0 heterocycles. The van der Waals surface area contributed by atoms with Crippen LogP contribution in [-0.2, 0) is 39.1 Å². The standard InChI is InChI=1S/C20H28Cl2O10/c1-6-8-16(7-2)15-20(5,30-32-28-18(24)26-14-12-22)10-9-19(3,4)29-31-27-17(23)25-13-11-21/h2,16H,6,8,11-15H2,1,3-5H3. The Hall–Kier alpha value is -1.92. The molecule has 0 saturated heterocycles. The van der Waals surface area contributed by atoms with Crippen LogP contribution in [0, 0.1) is 30.1 Å². The van der Waals surface area contributed by atoms with Crippen molar-refractivity contribution in [3.05, 3.63) is 0 Å². The second kappa shape index (κ2) is 16.7. The molecule has 2 unspecified atom stereocenters. The minimum absolute atomic E-state index is 0.0573. The van der Waals surface area contributed by atoms with Crippen LogP contribution in [0.1, 0.15) is 47.0 Å². The summed E-state index contributed by atoms with van der Waals surface area (Å²) in [5, 5.41) is 8.93. The van der Waals surface area contributed by atoms with E-state index in [0.717, 1.165) is 6.42 Å². The second-order valence-corrected chi connectivity index (χ2v) is 7.65. The molecule has 0 bridgehead atoms. The van der Waals surface area contributed by atoms with Gasteiger partial charge >= 0.3 is 12.3 Å². The van der Waals surface area contributed by atoms with Gasteiger partial charge in [0, 0.05) is 12.3 Å². The van der Waals surface area contributed by atoms with E-state index in [1.807, 2.05) is 6.92 Å². The number of rotatable bonds is 14. The lowest BCUT2D eigenvalue weighted by molar-refractivity contribution is -0.512. The van der Waals surface area contributed by atoms with E-state index in [2.05, 4.69) is 47.1 Å². The van der Waals surface area contributed by atoms with E-state index in [0.29, 0.717) is 6.42 Å². The van der Waals surface area contributed by atoms with Crippen molar-refractivity contribution in [1.29, 1.82) is 0 Å². The Morgan fingerprint density at radius 1 is 0.938 bits per heavy atom. The molecule has 32 heavy (non-hydrogen) atoms. The van der Waals surface area contributed by atoms with Crippen LogP contribution in [0.5, 0.6) is 0 Å². The number of hydrogen-bond donors (Lipinski definition) is 0. The SMILES string of the molecule is C#CC(CCC)CC(C)(C#CC(C)(C)OOOC(=O)OCCCl)OOOC(=O)OCCCl. The number of ether oxygens (including phenoxy) is 2. The average Bonchev–Trinajstić information content (AvgIpc) is 2.74. The molecular weight excluding hydrogens is 471 g/mol. The number of alkyl halides is 2. The van der Waals surface area contributed by atoms with Crippen molar-refractivity contribution < 1.29 is 48.7 Å². The van der Waals surface area contributed by atoms with Gasteiger partial charge in [0.15, 0.2) is 11.2 Å². The molecule has 0 fully saturated rings. The van der Waals surface area contributed by atoms with E-state index in [1.54, 1.807) is 6.92 Å². The molecule has 0 N–H and O–H groups in total. The van der Waals surface area contributed by atoms with Gasteiger partial charge in [0.05, 0.1) is 11.8 Å². The highest BCUT2D eigenvalue weighted by atomic mass is 35.5. The fourth-order valence-corrected chi connectivity index (χ4v) is 2.17. The summed E-state index contributed by atoms with van der Waals surface area (Å²) < 4.78 is 9.13. The normalized spacial score (nSPS) is 13.5. The lowest BCUT2D eigenvalue weighted by Crippen LogP contribution is -2.32. The lowest BCUT2D eigenvalue weighted by atomic mass is 9.89. The highest BCUT2D eigenvalue weighted by Crippen LogP contribution is 2.25. The van der Waals surface area contributed by atoms with Crippen molar-refractivity contribution in [1.82, 2.24) is 0 Å². The van der Waals surface area contributed by atoms with Crippen LogP contribution in [0.25, 0.3) is 0 Å². The van der Waals surface area contributed by atoms with Crippen molar-refractivity contribution in [2.45, 2.75) is 58.2 Å². The Morgan fingerprint density at radius 2 is 1.47 bits per heavy atom. The van der Waals surface area contributed by atoms with Gasteiger partial charge in [0.1, 0.15) is 13.2 Å². The highest BCUT2D eigenvalue weighted by Gasteiger charge is 2.31. The van der Waals surface area contributed by atoms with Gasteiger partial charge < -0.3 is 9.47 Å². The predicted octanol–water partition coefficient (Wildman–Crippen LogP) is 4.48. The minimum Gasteiger partial charge on any atom is -0.431 e. The third-order valence-corrected chi connectivity index (χ3v) is 3.70. The number of halogens is 2. The molecule has 0 saturated carbocycles. The van der Waals surface area contributed by atoms with E-state index >= 15 is 0 Å². The Labute approximate surface area is 197 Å². The number of terminal acetylenes is 1. The van der Waals surface area contributed by atoms with Gasteiger partial charge in [-0.25, -0.2) is 19.4 Å². The van der Waals surface area contributed by atoms with Gasteiger partial charge in [0.25, 0.3) is 0 Å². The van der Waals surface area contributed by atoms with Crippen LogP contribution in [0.4, 0.5) is 9.59 Å². The Kier molecular flexibility index (Phi) is 15.7. The topological polar surface area (TPSA) is 108 Å². The summed E-state index contributed by atoms with van der Waals surface area (Å²) in [6.07, 6.45) is 5.09. The molecule has 0 radical (unpaired) electrons. The third kappa shape index (κ3) is 15.0. The summed E-state index contributed by atoms with van der Waals surface area (Å²) in [5.74, 6) is 8.20. The molecule has 0 amide bonds. The summed E-state index contributed by atoms with van der Waals surface area (Å²) in [6.45, 7) is 6.48. The molecule has 0 aliphatic heterocycles. The maximum Gasteiger partial charge on any atom is 0.542 e. The van der Waals surface area contributed by atoms with Crippen LogP contribution in [0.3, 0.4) is 0 Å². The molecule has 0 aliphatic carbocycles. The molecule has 12 heteroatoms. The van der Waals surface area contributed by atoms with Gasteiger partial charge in [-0.2, -0.15) is 9.78 Å². The Balaban J connectivity index is 5.09. The second-order valence-electron chi connectivity index (χ2n) is 6.89. The van der Waals surface area contributed by atoms with Crippen molar-refractivity contribution in [2.24, 2.45) is 5.92 Å². The Bertz CT molecular complexity index is 668. The van der Waals surface area contributed by atoms with E-state index in [4.69, 9.17) is 39.4 Å². The third-order valence-electron chi connectivity index (χ3n) is 3.40. The predicted molar refractivity (Wildman–Crippen MR) is 113 cm³/mol. The van der Waals surface area contributed by atoms with E-state index in [9.17, 15) is 9.59 Å². The van der Waals surface area contributed by atoms with Gasteiger partial charge in [-0.3, -0.25) is 0 Å². The smallest absolute Gasteiger partial charge is 0.431 e. The van der Waals surface area contributed by atoms with Crippen LogP contribution in [0.15, 0.2) is 0 Å². The van der Waals surface area contributed by atoms with Gasteiger partial charge in [0.2, 0.25) is 0 Å². The maximum absolute atomic E-state index is 11.4. The summed E-state index contributed by atoms with van der Waals surface area (Å²) >= 11 is 10.8. The largest absolute Gasteiger partial charge is 0.542 e. The van der Waals surface area contributed by atoms with Crippen LogP contribution < -0.4 is 0 Å². The quantitative estimate of drug-likeness (QED) is 0.112. The van der Waals surface area contributed by atoms with Gasteiger partial charge in [-0.15, -0.1) is 35.5 Å². The number of hydrogen-bond acceptors (Lipinski definition) is 10. The van der Waals surface area contributed by atoms with Crippen LogP contribution in [-0.4, -0.2) is 48.5 Å². The fourth-order valence-electron chi connectivity index (χ4n) is 2.01. The minimum atomic E-state index is -1.32. The molecule has 0 spiro atoms. The molecule has 0 aromatic rings. The summed E-state index contributed by atoms with van der Waals surface area (Å²) in [5.41, 5.74) is -2.59. The first-order chi connectivity index (χ1) is 15.1. The van der Waals surface area contributed by atoms with E-state index in [1.165, 1.54) is 13.8 Å². The molecule has 0 rings (SSSR count). The molecule has 0 aromatic carbocycles. The first-order valence-electron chi connectivity index (χ1n) is 9.62. The fraction of sp³-hybridized carbons (Fsp3) is 0.700. The average molecular weight is 499 g/mol. The molecule has 2 atom stereocenters. The zero-order valence-electron chi connectivity index (χ0n) is 18.4. The van der Waals surface area contributed by atoms with Crippen molar-refractivity contribution in [3.8, 4) is 24.2 Å². The zero-order valence-corrected chi connectivity index (χ0v) is 20.0. The van der Waals surface area contributed by atoms with Crippen LogP contribution >= 0.6 is 23.2 Å². The number of carbonyl (C=O) groups is 2. The molecule has 0 aliphatic rings. The molecular formula is C20H28Cl2O10. The van der Waals surface area contributed by atoms with E-state index in [-0.39, 0.29) is 37.3 Å². The lowest BCUT2D eigenvalue weighted by Gasteiger charge is -2.25. The first-order valence-corrected chi connectivity index (χ1v) is 10.7. The van der Waals surface area contributed by atoms with Gasteiger partial charge in [-0.05, 0) is 37.3 Å². The van der Waals surface area contributed by atoms with E-state index < -0.39 is 23.5 Å². The molecule has 10 nitrogen and oxygen atoms in total. The maximum atomic E-state index is 11.4. The summed E-state index contributed by atoms with van der Waals surface area (Å²) in [4.78, 5) is 41.4. The number of carbonyl (C=O) groups excluding carboxylic acids is 2. The summed E-state index contributed by atoms with van der Waals surface area (Å²) in [6, 6.07) is 0. The first kappa shape index (κ1) is 30.1. The summed E-state index contributed by atoms with van der Waals surface area (Å²) in [7, 11) is 0. The molecule has 182 valence electrons. The van der Waals surface area contributed by atoms with Crippen molar-refractivity contribution >= 4 is 35.5 Å². The molecule has 0 aromatic heterocycles.